The fourth-order valence-corrected chi connectivity index (χ4v) is 5.40. The summed E-state index contributed by atoms with van der Waals surface area (Å²) in [6, 6.07) is 28.8. The van der Waals surface area contributed by atoms with Crippen molar-refractivity contribution in [1.82, 2.24) is 0 Å². The van der Waals surface area contributed by atoms with E-state index in [9.17, 15) is 23.6 Å². The van der Waals surface area contributed by atoms with Crippen LogP contribution in [0.1, 0.15) is 76.8 Å². The number of ether oxygens (including phenoxy) is 5. The molecule has 0 aliphatic heterocycles. The number of rotatable bonds is 17. The molecule has 12 nitrogen and oxygen atoms in total. The fraction of sp³-hybridized carbons (Fsp3) is 0.234. The van der Waals surface area contributed by atoms with Crippen LogP contribution in [0.25, 0.3) is 0 Å². The highest BCUT2D eigenvalue weighted by atomic mass is 19.1. The smallest absolute Gasteiger partial charge is 0.412 e. The number of hydrogen-bond donors (Lipinski definition) is 3. The largest absolute Gasteiger partial charge is 0.491 e. The van der Waals surface area contributed by atoms with Crippen molar-refractivity contribution in [2.24, 2.45) is 5.92 Å². The standard InChI is InChI=1S/C47H48FN3O9/c1-7-23-56-45(54)35-17-22-38(42(26-35)59-29-32-13-18-36(48)19-14-32)50-43(52)33-15-20-37(40(24-33)57-27-30(2)3)49-44(53)34-16-21-39(51-46(55)60-47(4,5)6)41(25-34)58-28-31-11-9-8-10-12-31/h7-22,24-26,30H,1,23,27-29H2,2-6H3,(H,49,53)(H,50,52)(H,51,55). The summed E-state index contributed by atoms with van der Waals surface area (Å²) in [5.41, 5.74) is 2.23. The lowest BCUT2D eigenvalue weighted by Gasteiger charge is -2.21. The Kier molecular flexibility index (Phi) is 15.0. The summed E-state index contributed by atoms with van der Waals surface area (Å²) < 4.78 is 42.3. The Morgan fingerprint density at radius 3 is 1.65 bits per heavy atom. The van der Waals surface area contributed by atoms with Gasteiger partial charge in [-0.25, -0.2) is 14.0 Å². The van der Waals surface area contributed by atoms with Crippen LogP contribution in [0.5, 0.6) is 17.2 Å². The van der Waals surface area contributed by atoms with Crippen LogP contribution < -0.4 is 30.2 Å². The number of benzene rings is 5. The van der Waals surface area contributed by atoms with E-state index in [0.29, 0.717) is 16.9 Å². The van der Waals surface area contributed by atoms with Crippen LogP contribution in [0.4, 0.5) is 26.2 Å². The van der Waals surface area contributed by atoms with Gasteiger partial charge in [-0.15, -0.1) is 0 Å². The Labute approximate surface area is 348 Å². The fourth-order valence-electron chi connectivity index (χ4n) is 5.40. The van der Waals surface area contributed by atoms with Crippen LogP contribution in [0.3, 0.4) is 0 Å². The molecule has 0 unspecified atom stereocenters. The second kappa shape index (κ2) is 20.5. The summed E-state index contributed by atoms with van der Waals surface area (Å²) in [6.07, 6.45) is 0.758. The first-order valence-corrected chi connectivity index (χ1v) is 19.2. The Balaban J connectivity index is 1.38. The van der Waals surface area contributed by atoms with Crippen molar-refractivity contribution in [3.05, 3.63) is 155 Å². The van der Waals surface area contributed by atoms with Gasteiger partial charge in [-0.1, -0.05) is 69.0 Å². The van der Waals surface area contributed by atoms with Crippen molar-refractivity contribution < 1.29 is 47.3 Å². The first-order valence-electron chi connectivity index (χ1n) is 19.2. The van der Waals surface area contributed by atoms with Gasteiger partial charge >= 0.3 is 12.1 Å². The molecule has 312 valence electrons. The number of halogens is 1. The van der Waals surface area contributed by atoms with Crippen molar-refractivity contribution in [2.75, 3.05) is 29.2 Å². The molecule has 0 atom stereocenters. The molecule has 0 spiro atoms. The van der Waals surface area contributed by atoms with Gasteiger partial charge in [0.1, 0.15) is 48.5 Å². The minimum atomic E-state index is -0.738. The van der Waals surface area contributed by atoms with Gasteiger partial charge in [0.25, 0.3) is 11.8 Å². The molecule has 13 heteroatoms. The number of nitrogens with one attached hydrogen (secondary N) is 3. The highest BCUT2D eigenvalue weighted by Gasteiger charge is 2.21. The van der Waals surface area contributed by atoms with E-state index >= 15 is 0 Å². The van der Waals surface area contributed by atoms with E-state index in [1.807, 2.05) is 44.2 Å². The van der Waals surface area contributed by atoms with Crippen molar-refractivity contribution in [2.45, 2.75) is 53.4 Å². The van der Waals surface area contributed by atoms with Gasteiger partial charge in [-0.05, 0) is 105 Å². The second-order valence-electron chi connectivity index (χ2n) is 14.9. The third-order valence-corrected chi connectivity index (χ3v) is 8.29. The molecule has 0 aliphatic rings. The maximum Gasteiger partial charge on any atom is 0.412 e. The summed E-state index contributed by atoms with van der Waals surface area (Å²) in [6.45, 7) is 13.2. The molecular weight excluding hydrogens is 770 g/mol. The topological polar surface area (TPSA) is 151 Å². The summed E-state index contributed by atoms with van der Waals surface area (Å²) in [7, 11) is 0. The number of anilines is 3. The molecule has 0 bridgehead atoms. The first-order chi connectivity index (χ1) is 28.7. The monoisotopic (exact) mass is 817 g/mol. The highest BCUT2D eigenvalue weighted by Crippen LogP contribution is 2.32. The highest BCUT2D eigenvalue weighted by molar-refractivity contribution is 6.08. The molecule has 0 radical (unpaired) electrons. The summed E-state index contributed by atoms with van der Waals surface area (Å²) >= 11 is 0. The predicted molar refractivity (Wildman–Crippen MR) is 227 cm³/mol. The van der Waals surface area contributed by atoms with Crippen LogP contribution in [-0.4, -0.2) is 42.7 Å². The maximum absolute atomic E-state index is 13.8. The van der Waals surface area contributed by atoms with Crippen LogP contribution in [0.2, 0.25) is 0 Å². The summed E-state index contributed by atoms with van der Waals surface area (Å²) in [5, 5.41) is 8.42. The van der Waals surface area contributed by atoms with Crippen molar-refractivity contribution in [3.63, 3.8) is 0 Å². The summed E-state index contributed by atoms with van der Waals surface area (Å²) in [5.74, 6) is -1.31. The molecule has 0 saturated heterocycles. The average Bonchev–Trinajstić information content (AvgIpc) is 3.21. The lowest BCUT2D eigenvalue weighted by Crippen LogP contribution is -2.27. The molecular formula is C47H48FN3O9. The second-order valence-corrected chi connectivity index (χ2v) is 14.9. The van der Waals surface area contributed by atoms with E-state index in [1.54, 1.807) is 45.0 Å². The zero-order valence-corrected chi connectivity index (χ0v) is 34.1. The Morgan fingerprint density at radius 2 is 1.13 bits per heavy atom. The summed E-state index contributed by atoms with van der Waals surface area (Å²) in [4.78, 5) is 52.9. The molecule has 0 aromatic heterocycles. The van der Waals surface area contributed by atoms with E-state index in [-0.39, 0.29) is 72.0 Å². The predicted octanol–water partition coefficient (Wildman–Crippen LogP) is 10.2. The lowest BCUT2D eigenvalue weighted by atomic mass is 10.1. The average molecular weight is 818 g/mol. The molecule has 0 heterocycles. The quantitative estimate of drug-likeness (QED) is 0.0615. The van der Waals surface area contributed by atoms with Crippen LogP contribution >= 0.6 is 0 Å². The van der Waals surface area contributed by atoms with E-state index < -0.39 is 35.3 Å². The van der Waals surface area contributed by atoms with E-state index in [4.69, 9.17) is 23.7 Å². The van der Waals surface area contributed by atoms with Gasteiger partial charge in [-0.3, -0.25) is 14.9 Å². The minimum Gasteiger partial charge on any atom is -0.491 e. The molecule has 5 aromatic carbocycles. The molecule has 3 N–H and O–H groups in total. The number of hydrogen-bond acceptors (Lipinski definition) is 9. The SMILES string of the molecule is C=CCOC(=O)c1ccc(NC(=O)c2ccc(NC(=O)c3ccc(NC(=O)OC(C)(C)C)c(OCc4ccccc4)c3)c(OCC(C)C)c2)c(OCc2ccc(F)cc2)c1. The van der Waals surface area contributed by atoms with Crippen LogP contribution in [0.15, 0.2) is 122 Å². The Hall–Kier alpha value is -7.15. The van der Waals surface area contributed by atoms with Gasteiger partial charge in [0, 0.05) is 11.1 Å². The van der Waals surface area contributed by atoms with Crippen molar-refractivity contribution >= 4 is 40.9 Å². The normalized spacial score (nSPS) is 10.9. The van der Waals surface area contributed by atoms with Crippen molar-refractivity contribution in [3.8, 4) is 17.2 Å². The first kappa shape index (κ1) is 44.0. The zero-order chi connectivity index (χ0) is 43.2. The molecule has 0 saturated carbocycles. The maximum atomic E-state index is 13.8. The molecule has 0 aliphatic carbocycles. The number of carbonyl (C=O) groups is 4. The molecule has 5 rings (SSSR count). The van der Waals surface area contributed by atoms with Gasteiger partial charge in [-0.2, -0.15) is 0 Å². The van der Waals surface area contributed by atoms with Gasteiger partial charge < -0.3 is 34.3 Å². The van der Waals surface area contributed by atoms with Gasteiger partial charge in [0.05, 0.1) is 29.2 Å². The third-order valence-electron chi connectivity index (χ3n) is 8.29. The number of amides is 3. The molecule has 5 aromatic rings. The molecule has 3 amide bonds. The Bertz CT molecular complexity index is 2310. The van der Waals surface area contributed by atoms with Gasteiger partial charge in [0.15, 0.2) is 0 Å². The van der Waals surface area contributed by atoms with Crippen molar-refractivity contribution in [1.29, 1.82) is 0 Å². The van der Waals surface area contributed by atoms with E-state index in [0.717, 1.165) is 5.56 Å². The minimum absolute atomic E-state index is 0.00454. The van der Waals surface area contributed by atoms with Gasteiger partial charge in [0.2, 0.25) is 0 Å². The van der Waals surface area contributed by atoms with Crippen LogP contribution in [-0.2, 0) is 22.7 Å². The lowest BCUT2D eigenvalue weighted by molar-refractivity contribution is 0.0548. The third kappa shape index (κ3) is 13.2. The molecule has 0 fully saturated rings. The molecule has 60 heavy (non-hydrogen) atoms. The zero-order valence-electron chi connectivity index (χ0n) is 34.1. The Morgan fingerprint density at radius 1 is 0.650 bits per heavy atom. The number of esters is 1. The van der Waals surface area contributed by atoms with E-state index in [2.05, 4.69) is 22.5 Å². The van der Waals surface area contributed by atoms with Crippen LogP contribution in [0, 0.1) is 11.7 Å². The number of carbonyl (C=O) groups excluding carboxylic acids is 4. The van der Waals surface area contributed by atoms with E-state index in [1.165, 1.54) is 60.7 Å².